The molecule has 0 saturated carbocycles. The van der Waals surface area contributed by atoms with E-state index in [4.69, 9.17) is 0 Å². The van der Waals surface area contributed by atoms with E-state index in [1.165, 1.54) is 180 Å². The standard InChI is InChI=1S/C21H46N.C17H30N.ClH/c1-5-6-7-8-9-10-11-12-13-14-15-16-17-18-19-20-21-22(2,3)4;1-2-3-4-5-6-7-8-9-10-12-15-18-16-13-11-14-17-18;/h5-21H2,1-4H3;11,13-14,16-17H,2-10,12,15H2,1H3;1H/q2*+1;/p-1. The first-order valence-corrected chi connectivity index (χ1v) is 18.2. The second-order valence-electron chi connectivity index (χ2n) is 13.6. The van der Waals surface area contributed by atoms with E-state index in [1.807, 2.05) is 0 Å². The van der Waals surface area contributed by atoms with Gasteiger partial charge in [0.25, 0.3) is 0 Å². The minimum absolute atomic E-state index is 0. The number of quaternary nitrogens is 1. The Kier molecular flexibility index (Phi) is 35.2. The second kappa shape index (κ2) is 33.9. The lowest BCUT2D eigenvalue weighted by Gasteiger charge is -2.23. The number of hydrogen-bond acceptors (Lipinski definition) is 0. The van der Waals surface area contributed by atoms with E-state index in [-0.39, 0.29) is 12.4 Å². The Labute approximate surface area is 266 Å². The van der Waals surface area contributed by atoms with Gasteiger partial charge in [0.05, 0.1) is 27.7 Å². The van der Waals surface area contributed by atoms with E-state index < -0.39 is 0 Å². The number of unbranched alkanes of at least 4 members (excludes halogenated alkanes) is 24. The van der Waals surface area contributed by atoms with E-state index in [2.05, 4.69) is 70.2 Å². The van der Waals surface area contributed by atoms with Gasteiger partial charge in [-0.25, -0.2) is 4.57 Å². The van der Waals surface area contributed by atoms with Crippen molar-refractivity contribution in [3.63, 3.8) is 0 Å². The lowest BCUT2D eigenvalue weighted by Crippen LogP contribution is -3.00. The molecule has 41 heavy (non-hydrogen) atoms. The van der Waals surface area contributed by atoms with Crippen LogP contribution in [0, 0.1) is 0 Å². The highest BCUT2D eigenvalue weighted by atomic mass is 35.5. The smallest absolute Gasteiger partial charge is 0.168 e. The Hall–Kier alpha value is -0.600. The van der Waals surface area contributed by atoms with Gasteiger partial charge in [-0.2, -0.15) is 0 Å². The molecule has 1 rings (SSSR count). The van der Waals surface area contributed by atoms with Crippen LogP contribution in [0.3, 0.4) is 0 Å². The third-order valence-corrected chi connectivity index (χ3v) is 8.23. The third-order valence-electron chi connectivity index (χ3n) is 8.23. The van der Waals surface area contributed by atoms with Gasteiger partial charge in [0.1, 0.15) is 6.54 Å². The van der Waals surface area contributed by atoms with Crippen LogP contribution in [-0.2, 0) is 6.54 Å². The number of halogens is 1. The fourth-order valence-electron chi connectivity index (χ4n) is 5.50. The zero-order chi connectivity index (χ0) is 29.4. The highest BCUT2D eigenvalue weighted by Gasteiger charge is 2.05. The van der Waals surface area contributed by atoms with Crippen LogP contribution in [0.2, 0.25) is 0 Å². The molecule has 0 aliphatic rings. The fourth-order valence-corrected chi connectivity index (χ4v) is 5.50. The molecule has 2 nitrogen and oxygen atoms in total. The third kappa shape index (κ3) is 37.4. The summed E-state index contributed by atoms with van der Waals surface area (Å²) in [6.07, 6.45) is 41.8. The van der Waals surface area contributed by atoms with Gasteiger partial charge in [0.15, 0.2) is 12.4 Å². The number of rotatable bonds is 28. The highest BCUT2D eigenvalue weighted by molar-refractivity contribution is 4.83. The maximum absolute atomic E-state index is 2.30. The fraction of sp³-hybridized carbons (Fsp3) is 0.868. The molecule has 0 aliphatic heterocycles. The van der Waals surface area contributed by atoms with Crippen molar-refractivity contribution in [2.45, 2.75) is 187 Å². The largest absolute Gasteiger partial charge is 1.00 e. The quantitative estimate of drug-likeness (QED) is 0.0517. The molecule has 0 radical (unpaired) electrons. The number of aryl methyl sites for hydroxylation is 1. The van der Waals surface area contributed by atoms with Crippen LogP contribution < -0.4 is 17.0 Å². The van der Waals surface area contributed by atoms with Crippen molar-refractivity contribution in [2.24, 2.45) is 0 Å². The molecule has 0 N–H and O–H groups in total. The summed E-state index contributed by atoms with van der Waals surface area (Å²) in [4.78, 5) is 0. The molecule has 0 atom stereocenters. The molecule has 3 heteroatoms. The Morgan fingerprint density at radius 3 is 1.00 bits per heavy atom. The van der Waals surface area contributed by atoms with Gasteiger partial charge in [-0.1, -0.05) is 161 Å². The van der Waals surface area contributed by atoms with Crippen molar-refractivity contribution in [2.75, 3.05) is 27.7 Å². The summed E-state index contributed by atoms with van der Waals surface area (Å²) < 4.78 is 3.41. The Bertz CT molecular complexity index is 584. The van der Waals surface area contributed by atoms with Gasteiger partial charge in [-0.3, -0.25) is 0 Å². The van der Waals surface area contributed by atoms with Gasteiger partial charge < -0.3 is 16.9 Å². The molecule has 244 valence electrons. The number of aromatic nitrogens is 1. The lowest BCUT2D eigenvalue weighted by molar-refractivity contribution is -0.870. The van der Waals surface area contributed by atoms with Crippen LogP contribution in [0.1, 0.15) is 181 Å². The predicted molar refractivity (Wildman–Crippen MR) is 181 cm³/mol. The maximum atomic E-state index is 2.30. The normalized spacial score (nSPS) is 11.1. The Morgan fingerprint density at radius 1 is 0.390 bits per heavy atom. The molecule has 0 aliphatic carbocycles. The van der Waals surface area contributed by atoms with Crippen molar-refractivity contribution < 1.29 is 21.5 Å². The molecule has 0 amide bonds. The van der Waals surface area contributed by atoms with Gasteiger partial charge in [-0.05, 0) is 19.3 Å². The van der Waals surface area contributed by atoms with Gasteiger partial charge in [-0.15, -0.1) is 0 Å². The van der Waals surface area contributed by atoms with E-state index in [1.54, 1.807) is 0 Å². The topological polar surface area (TPSA) is 3.88 Å². The summed E-state index contributed by atoms with van der Waals surface area (Å²) in [7, 11) is 6.89. The first kappa shape index (κ1) is 42.5. The summed E-state index contributed by atoms with van der Waals surface area (Å²) in [5.41, 5.74) is 0. The number of hydrogen-bond donors (Lipinski definition) is 0. The number of pyridine rings is 1. The van der Waals surface area contributed by atoms with Gasteiger partial charge in [0.2, 0.25) is 0 Å². The van der Waals surface area contributed by atoms with Crippen molar-refractivity contribution in [3.8, 4) is 0 Å². The van der Waals surface area contributed by atoms with Crippen LogP contribution in [0.15, 0.2) is 30.6 Å². The molecule has 0 aromatic carbocycles. The lowest BCUT2D eigenvalue weighted by atomic mass is 10.0. The van der Waals surface area contributed by atoms with E-state index >= 15 is 0 Å². The van der Waals surface area contributed by atoms with E-state index in [9.17, 15) is 0 Å². The molecule has 0 spiro atoms. The summed E-state index contributed by atoms with van der Waals surface area (Å²) in [5.74, 6) is 0. The van der Waals surface area contributed by atoms with Crippen LogP contribution in [0.25, 0.3) is 0 Å². The maximum Gasteiger partial charge on any atom is 0.168 e. The van der Waals surface area contributed by atoms with Gasteiger partial charge in [0, 0.05) is 18.6 Å². The minimum Gasteiger partial charge on any atom is -1.00 e. The van der Waals surface area contributed by atoms with Crippen LogP contribution in [0.4, 0.5) is 0 Å². The number of nitrogens with zero attached hydrogens (tertiary/aromatic N) is 2. The molecule has 0 fully saturated rings. The first-order valence-electron chi connectivity index (χ1n) is 18.2. The molecule has 1 aromatic rings. The summed E-state index contributed by atoms with van der Waals surface area (Å²) in [6, 6.07) is 6.29. The summed E-state index contributed by atoms with van der Waals surface area (Å²) >= 11 is 0. The van der Waals surface area contributed by atoms with Crippen molar-refractivity contribution in [1.82, 2.24) is 0 Å². The van der Waals surface area contributed by atoms with Crippen LogP contribution in [0.5, 0.6) is 0 Å². The summed E-state index contributed by atoms with van der Waals surface area (Å²) in [6.45, 7) is 7.09. The Balaban J connectivity index is 0. The molecule has 1 heterocycles. The van der Waals surface area contributed by atoms with Crippen molar-refractivity contribution >= 4 is 0 Å². The SMILES string of the molecule is CCCCCCCCCCCCCCCCCC[N+](C)(C)C.CCCCCCCCCCCC[n+]1ccccc1.[Cl-]. The highest BCUT2D eigenvalue weighted by Crippen LogP contribution is 2.14. The molecule has 0 unspecified atom stereocenters. The van der Waals surface area contributed by atoms with Crippen molar-refractivity contribution in [1.29, 1.82) is 0 Å². The van der Waals surface area contributed by atoms with E-state index in [0.29, 0.717) is 0 Å². The van der Waals surface area contributed by atoms with Crippen LogP contribution >= 0.6 is 0 Å². The first-order chi connectivity index (χ1) is 19.5. The van der Waals surface area contributed by atoms with Gasteiger partial charge >= 0.3 is 0 Å². The molecule has 1 aromatic heterocycles. The Morgan fingerprint density at radius 2 is 0.683 bits per heavy atom. The predicted octanol–water partition coefficient (Wildman–Crippen LogP) is 8.85. The summed E-state index contributed by atoms with van der Waals surface area (Å²) in [5, 5.41) is 0. The van der Waals surface area contributed by atoms with Crippen LogP contribution in [-0.4, -0.2) is 32.2 Å². The minimum atomic E-state index is 0. The van der Waals surface area contributed by atoms with Crippen molar-refractivity contribution in [3.05, 3.63) is 30.6 Å². The average Bonchev–Trinajstić information content (AvgIpc) is 2.94. The zero-order valence-corrected chi connectivity index (χ0v) is 29.7. The monoisotopic (exact) mass is 596 g/mol. The average molecular weight is 596 g/mol. The zero-order valence-electron chi connectivity index (χ0n) is 29.0. The molecule has 0 saturated heterocycles. The molecular formula is C38H76ClN2+. The molecule has 0 bridgehead atoms. The molecular weight excluding hydrogens is 520 g/mol. The van der Waals surface area contributed by atoms with E-state index in [0.717, 1.165) is 4.48 Å². The second-order valence-corrected chi connectivity index (χ2v) is 13.6.